The topological polar surface area (TPSA) is 72.2 Å². The summed E-state index contributed by atoms with van der Waals surface area (Å²) in [7, 11) is 0. The van der Waals surface area contributed by atoms with Gasteiger partial charge in [0.2, 0.25) is 5.91 Å². The number of furan rings is 1. The van der Waals surface area contributed by atoms with Gasteiger partial charge < -0.3 is 9.73 Å². The summed E-state index contributed by atoms with van der Waals surface area (Å²) in [6.45, 7) is 3.16. The zero-order valence-corrected chi connectivity index (χ0v) is 15.5. The van der Waals surface area contributed by atoms with Gasteiger partial charge in [0.05, 0.1) is 11.3 Å². The zero-order chi connectivity index (χ0) is 19.6. The molecule has 0 spiro atoms. The standard InChI is InChI=1S/C19H16F2N2O3S/c1-10(24)14-8-13(26-11(14)2)4-6-18(25)23-19-22-17(9-27-19)12-3-5-15(20)16(21)7-12/h3,5,7-9H,4,6H2,1-2H3,(H,22,23,25). The van der Waals surface area contributed by atoms with Gasteiger partial charge in [0.15, 0.2) is 22.5 Å². The van der Waals surface area contributed by atoms with Crippen LogP contribution in [-0.2, 0) is 11.2 Å². The number of benzene rings is 1. The Morgan fingerprint density at radius 3 is 2.67 bits per heavy atom. The number of hydrogen-bond acceptors (Lipinski definition) is 5. The summed E-state index contributed by atoms with van der Waals surface area (Å²) in [6.07, 6.45) is 0.506. The van der Waals surface area contributed by atoms with E-state index in [1.54, 1.807) is 18.4 Å². The van der Waals surface area contributed by atoms with Crippen molar-refractivity contribution in [2.24, 2.45) is 0 Å². The molecule has 0 aliphatic carbocycles. The van der Waals surface area contributed by atoms with Crippen molar-refractivity contribution in [2.45, 2.75) is 26.7 Å². The highest BCUT2D eigenvalue weighted by molar-refractivity contribution is 7.14. The lowest BCUT2D eigenvalue weighted by Crippen LogP contribution is -2.12. The van der Waals surface area contributed by atoms with Gasteiger partial charge in [-0.1, -0.05) is 0 Å². The zero-order valence-electron chi connectivity index (χ0n) is 14.6. The molecule has 0 bridgehead atoms. The summed E-state index contributed by atoms with van der Waals surface area (Å²) >= 11 is 1.19. The van der Waals surface area contributed by atoms with Gasteiger partial charge in [0.25, 0.3) is 0 Å². The Kier molecular flexibility index (Phi) is 5.46. The summed E-state index contributed by atoms with van der Waals surface area (Å²) in [6, 6.07) is 5.16. The Morgan fingerprint density at radius 2 is 2.00 bits per heavy atom. The molecular weight excluding hydrogens is 374 g/mol. The molecule has 1 amide bonds. The van der Waals surface area contributed by atoms with Gasteiger partial charge in [-0.25, -0.2) is 13.8 Å². The molecule has 2 heterocycles. The van der Waals surface area contributed by atoms with Gasteiger partial charge in [-0.2, -0.15) is 0 Å². The Bertz CT molecular complexity index is 1010. The first kappa shape index (κ1) is 18.9. The fourth-order valence-electron chi connectivity index (χ4n) is 2.55. The van der Waals surface area contributed by atoms with E-state index >= 15 is 0 Å². The monoisotopic (exact) mass is 390 g/mol. The number of nitrogens with zero attached hydrogens (tertiary/aromatic N) is 1. The number of rotatable bonds is 6. The van der Waals surface area contributed by atoms with Crippen LogP contribution in [0.3, 0.4) is 0 Å². The number of nitrogens with one attached hydrogen (secondary N) is 1. The molecular formula is C19H16F2N2O3S. The molecule has 1 aromatic carbocycles. The molecule has 27 heavy (non-hydrogen) atoms. The minimum absolute atomic E-state index is 0.0838. The van der Waals surface area contributed by atoms with Gasteiger partial charge >= 0.3 is 0 Å². The van der Waals surface area contributed by atoms with E-state index < -0.39 is 11.6 Å². The van der Waals surface area contributed by atoms with E-state index in [0.29, 0.717) is 39.9 Å². The number of halogens is 2. The minimum atomic E-state index is -0.954. The number of amides is 1. The number of ketones is 1. The lowest BCUT2D eigenvalue weighted by Gasteiger charge is -2.01. The molecule has 1 N–H and O–H groups in total. The largest absolute Gasteiger partial charge is 0.466 e. The van der Waals surface area contributed by atoms with Crippen LogP contribution >= 0.6 is 11.3 Å². The van der Waals surface area contributed by atoms with Crippen LogP contribution in [0.1, 0.15) is 35.2 Å². The molecule has 0 saturated heterocycles. The summed E-state index contributed by atoms with van der Waals surface area (Å²) in [5.74, 6) is -1.13. The first-order valence-electron chi connectivity index (χ1n) is 8.14. The van der Waals surface area contributed by atoms with E-state index in [-0.39, 0.29) is 18.1 Å². The first-order chi connectivity index (χ1) is 12.8. The van der Waals surface area contributed by atoms with Crippen molar-refractivity contribution in [3.63, 3.8) is 0 Å². The van der Waals surface area contributed by atoms with Crippen LogP contribution in [0.4, 0.5) is 13.9 Å². The summed E-state index contributed by atoms with van der Waals surface area (Å²) < 4.78 is 31.8. The van der Waals surface area contributed by atoms with Crippen LogP contribution in [0.5, 0.6) is 0 Å². The molecule has 0 fully saturated rings. The third-order valence-corrected chi connectivity index (χ3v) is 4.67. The van der Waals surface area contributed by atoms with Crippen molar-refractivity contribution in [1.82, 2.24) is 4.98 Å². The van der Waals surface area contributed by atoms with E-state index in [1.165, 1.54) is 24.3 Å². The first-order valence-corrected chi connectivity index (χ1v) is 9.02. The molecule has 0 saturated carbocycles. The van der Waals surface area contributed by atoms with Crippen LogP contribution in [0, 0.1) is 18.6 Å². The van der Waals surface area contributed by atoms with Gasteiger partial charge in [-0.05, 0) is 38.1 Å². The number of carbonyl (C=O) groups excluding carboxylic acids is 2. The number of carbonyl (C=O) groups is 2. The van der Waals surface area contributed by atoms with Crippen LogP contribution in [0.15, 0.2) is 34.1 Å². The number of hydrogen-bond donors (Lipinski definition) is 1. The smallest absolute Gasteiger partial charge is 0.226 e. The predicted molar refractivity (Wildman–Crippen MR) is 97.9 cm³/mol. The molecule has 3 aromatic rings. The number of anilines is 1. The highest BCUT2D eigenvalue weighted by Crippen LogP contribution is 2.26. The van der Waals surface area contributed by atoms with Crippen molar-refractivity contribution < 1.29 is 22.8 Å². The second-order valence-electron chi connectivity index (χ2n) is 5.95. The van der Waals surface area contributed by atoms with Crippen LogP contribution in [0.25, 0.3) is 11.3 Å². The third-order valence-electron chi connectivity index (χ3n) is 3.91. The maximum absolute atomic E-state index is 13.3. The van der Waals surface area contributed by atoms with Gasteiger partial charge in [-0.15, -0.1) is 11.3 Å². The van der Waals surface area contributed by atoms with Crippen LogP contribution in [0.2, 0.25) is 0 Å². The van der Waals surface area contributed by atoms with Crippen LogP contribution < -0.4 is 5.32 Å². The molecule has 2 aromatic heterocycles. The normalized spacial score (nSPS) is 10.8. The lowest BCUT2D eigenvalue weighted by atomic mass is 10.1. The molecule has 0 aliphatic rings. The highest BCUT2D eigenvalue weighted by Gasteiger charge is 2.14. The molecule has 140 valence electrons. The SMILES string of the molecule is CC(=O)c1cc(CCC(=O)Nc2nc(-c3ccc(F)c(F)c3)cs2)oc1C. The van der Waals surface area contributed by atoms with Crippen LogP contribution in [-0.4, -0.2) is 16.7 Å². The number of aryl methyl sites for hydroxylation is 2. The average molecular weight is 390 g/mol. The Hall–Kier alpha value is -2.87. The molecule has 0 radical (unpaired) electrons. The average Bonchev–Trinajstić information content (AvgIpc) is 3.22. The van der Waals surface area contributed by atoms with Gasteiger partial charge in [0, 0.05) is 23.8 Å². The van der Waals surface area contributed by atoms with E-state index in [2.05, 4.69) is 10.3 Å². The summed E-state index contributed by atoms with van der Waals surface area (Å²) in [5.41, 5.74) is 1.39. The van der Waals surface area contributed by atoms with Crippen molar-refractivity contribution in [2.75, 3.05) is 5.32 Å². The molecule has 0 aliphatic heterocycles. The van der Waals surface area contributed by atoms with E-state index in [9.17, 15) is 18.4 Å². The third kappa shape index (κ3) is 4.46. The summed E-state index contributed by atoms with van der Waals surface area (Å²) in [5, 5.41) is 4.68. The minimum Gasteiger partial charge on any atom is -0.466 e. The number of aromatic nitrogens is 1. The molecule has 5 nitrogen and oxygen atoms in total. The second kappa shape index (κ2) is 7.79. The Labute approximate surface area is 158 Å². The molecule has 3 rings (SSSR count). The highest BCUT2D eigenvalue weighted by atomic mass is 32.1. The van der Waals surface area contributed by atoms with Gasteiger partial charge in [-0.3, -0.25) is 9.59 Å². The maximum Gasteiger partial charge on any atom is 0.226 e. The quantitative estimate of drug-likeness (QED) is 0.616. The van der Waals surface area contributed by atoms with Crippen molar-refractivity contribution in [1.29, 1.82) is 0 Å². The van der Waals surface area contributed by atoms with E-state index in [1.807, 2.05) is 0 Å². The Balaban J connectivity index is 1.60. The number of Topliss-reactive ketones (excluding diaryl/α,β-unsaturated/α-hetero) is 1. The summed E-state index contributed by atoms with van der Waals surface area (Å²) in [4.78, 5) is 27.7. The van der Waals surface area contributed by atoms with Gasteiger partial charge in [0.1, 0.15) is 11.5 Å². The predicted octanol–water partition coefficient (Wildman–Crippen LogP) is 4.76. The fourth-order valence-corrected chi connectivity index (χ4v) is 3.29. The maximum atomic E-state index is 13.3. The molecule has 0 unspecified atom stereocenters. The Morgan fingerprint density at radius 1 is 1.22 bits per heavy atom. The second-order valence-corrected chi connectivity index (χ2v) is 6.81. The molecule has 8 heteroatoms. The number of thiazole rings is 1. The van der Waals surface area contributed by atoms with Crippen molar-refractivity contribution >= 4 is 28.2 Å². The fraction of sp³-hybridized carbons (Fsp3) is 0.211. The van der Waals surface area contributed by atoms with Crippen molar-refractivity contribution in [3.05, 3.63) is 58.4 Å². The molecule has 0 atom stereocenters. The lowest BCUT2D eigenvalue weighted by molar-refractivity contribution is -0.116. The van der Waals surface area contributed by atoms with E-state index in [4.69, 9.17) is 4.42 Å². The van der Waals surface area contributed by atoms with Crippen molar-refractivity contribution in [3.8, 4) is 11.3 Å². The van der Waals surface area contributed by atoms with E-state index in [0.717, 1.165) is 12.1 Å².